The summed E-state index contributed by atoms with van der Waals surface area (Å²) < 4.78 is 18.9. The fourth-order valence-corrected chi connectivity index (χ4v) is 3.17. The molecule has 150 valence electrons. The molecule has 0 aliphatic carbocycles. The number of amides is 1. The molecule has 4 nitrogen and oxygen atoms in total. The van der Waals surface area contributed by atoms with Gasteiger partial charge in [0, 0.05) is 16.9 Å². The Morgan fingerprint density at radius 1 is 0.867 bits per heavy atom. The van der Waals surface area contributed by atoms with Crippen LogP contribution in [0.1, 0.15) is 21.9 Å². The van der Waals surface area contributed by atoms with Crippen LogP contribution in [0.2, 0.25) is 0 Å². The molecule has 4 aromatic rings. The molecule has 0 unspecified atom stereocenters. The lowest BCUT2D eigenvalue weighted by Gasteiger charge is -2.10. The topological polar surface area (TPSA) is 54.3 Å². The predicted molar refractivity (Wildman–Crippen MR) is 116 cm³/mol. The summed E-state index contributed by atoms with van der Waals surface area (Å²) in [5.41, 5.74) is 3.99. The van der Waals surface area contributed by atoms with Crippen molar-refractivity contribution in [2.75, 3.05) is 5.32 Å². The van der Waals surface area contributed by atoms with E-state index in [4.69, 9.17) is 4.42 Å². The largest absolute Gasteiger partial charge is 0.465 e. The number of rotatable bonds is 6. The Bertz CT molecular complexity index is 1170. The molecule has 3 aromatic carbocycles. The maximum atomic E-state index is 13.4. The van der Waals surface area contributed by atoms with Gasteiger partial charge < -0.3 is 15.1 Å². The molecule has 1 heterocycles. The fourth-order valence-electron chi connectivity index (χ4n) is 3.17. The number of hydrogen-bond acceptors (Lipinski definition) is 3. The molecule has 1 aromatic heterocycles. The number of furan rings is 1. The Kier molecular flexibility index (Phi) is 5.61. The van der Waals surface area contributed by atoms with Crippen molar-refractivity contribution in [1.82, 2.24) is 5.32 Å². The maximum absolute atomic E-state index is 13.4. The Morgan fingerprint density at radius 2 is 1.67 bits per heavy atom. The summed E-state index contributed by atoms with van der Waals surface area (Å²) in [7, 11) is 0. The normalized spacial score (nSPS) is 10.6. The van der Waals surface area contributed by atoms with E-state index < -0.39 is 0 Å². The van der Waals surface area contributed by atoms with Gasteiger partial charge in [-0.05, 0) is 72.6 Å². The smallest absolute Gasteiger partial charge is 0.251 e. The van der Waals surface area contributed by atoms with Crippen LogP contribution in [0.3, 0.4) is 0 Å². The molecule has 30 heavy (non-hydrogen) atoms. The highest BCUT2D eigenvalue weighted by molar-refractivity contribution is 5.95. The van der Waals surface area contributed by atoms with Crippen LogP contribution in [0.25, 0.3) is 11.1 Å². The van der Waals surface area contributed by atoms with Crippen LogP contribution >= 0.6 is 0 Å². The zero-order valence-corrected chi connectivity index (χ0v) is 16.5. The van der Waals surface area contributed by atoms with Crippen molar-refractivity contribution in [3.8, 4) is 11.1 Å². The van der Waals surface area contributed by atoms with Gasteiger partial charge >= 0.3 is 0 Å². The quantitative estimate of drug-likeness (QED) is 0.413. The molecule has 0 aliphatic rings. The van der Waals surface area contributed by atoms with Crippen molar-refractivity contribution in [2.24, 2.45) is 0 Å². The van der Waals surface area contributed by atoms with Crippen LogP contribution in [0.4, 0.5) is 15.8 Å². The van der Waals surface area contributed by atoms with Crippen LogP contribution in [-0.4, -0.2) is 5.91 Å². The van der Waals surface area contributed by atoms with Gasteiger partial charge in [0.2, 0.25) is 0 Å². The van der Waals surface area contributed by atoms with Crippen LogP contribution in [0.15, 0.2) is 89.3 Å². The molecule has 0 spiro atoms. The first-order valence-corrected chi connectivity index (χ1v) is 9.63. The summed E-state index contributed by atoms with van der Waals surface area (Å²) in [4.78, 5) is 12.4. The van der Waals surface area contributed by atoms with E-state index in [9.17, 15) is 9.18 Å². The van der Waals surface area contributed by atoms with Gasteiger partial charge in [-0.1, -0.05) is 30.3 Å². The first-order chi connectivity index (χ1) is 14.6. The molecule has 5 heteroatoms. The average molecular weight is 400 g/mol. The van der Waals surface area contributed by atoms with E-state index in [1.165, 1.54) is 12.1 Å². The Morgan fingerprint density at radius 3 is 2.40 bits per heavy atom. The summed E-state index contributed by atoms with van der Waals surface area (Å²) in [6.45, 7) is 2.21. The van der Waals surface area contributed by atoms with Gasteiger partial charge in [-0.25, -0.2) is 4.39 Å². The third-order valence-electron chi connectivity index (χ3n) is 4.68. The van der Waals surface area contributed by atoms with Gasteiger partial charge in [0.05, 0.1) is 6.54 Å². The van der Waals surface area contributed by atoms with Crippen LogP contribution in [0, 0.1) is 12.7 Å². The second-order valence-electron chi connectivity index (χ2n) is 6.99. The third-order valence-corrected chi connectivity index (χ3v) is 4.68. The summed E-state index contributed by atoms with van der Waals surface area (Å²) in [6, 6.07) is 25.2. The Labute approximate surface area is 174 Å². The van der Waals surface area contributed by atoms with Crippen molar-refractivity contribution >= 4 is 17.3 Å². The van der Waals surface area contributed by atoms with Gasteiger partial charge in [0.1, 0.15) is 17.3 Å². The van der Waals surface area contributed by atoms with E-state index in [0.717, 1.165) is 28.3 Å². The summed E-state index contributed by atoms with van der Waals surface area (Å²) >= 11 is 0. The average Bonchev–Trinajstić information content (AvgIpc) is 3.18. The van der Waals surface area contributed by atoms with Crippen molar-refractivity contribution < 1.29 is 13.6 Å². The zero-order chi connectivity index (χ0) is 20.9. The minimum Gasteiger partial charge on any atom is -0.465 e. The molecule has 0 radical (unpaired) electrons. The van der Waals surface area contributed by atoms with Crippen molar-refractivity contribution in [3.63, 3.8) is 0 Å². The predicted octanol–water partition coefficient (Wildman–Crippen LogP) is 6.07. The van der Waals surface area contributed by atoms with E-state index >= 15 is 0 Å². The van der Waals surface area contributed by atoms with Gasteiger partial charge in [-0.3, -0.25) is 4.79 Å². The lowest BCUT2D eigenvalue weighted by molar-refractivity contribution is 0.0948. The van der Waals surface area contributed by atoms with E-state index in [1.54, 1.807) is 18.2 Å². The molecule has 0 saturated heterocycles. The molecule has 0 fully saturated rings. The number of anilines is 2. The van der Waals surface area contributed by atoms with Crippen LogP contribution < -0.4 is 10.6 Å². The highest BCUT2D eigenvalue weighted by Crippen LogP contribution is 2.24. The summed E-state index contributed by atoms with van der Waals surface area (Å²) in [5, 5.41) is 6.15. The van der Waals surface area contributed by atoms with Crippen molar-refractivity contribution in [1.29, 1.82) is 0 Å². The van der Waals surface area contributed by atoms with Crippen molar-refractivity contribution in [2.45, 2.75) is 13.5 Å². The van der Waals surface area contributed by atoms with E-state index in [-0.39, 0.29) is 11.7 Å². The number of carbonyl (C=O) groups excluding carboxylic acids is 1. The number of benzene rings is 3. The molecular weight excluding hydrogens is 379 g/mol. The lowest BCUT2D eigenvalue weighted by atomic mass is 10.1. The van der Waals surface area contributed by atoms with Crippen molar-refractivity contribution in [3.05, 3.63) is 108 Å². The molecular formula is C25H21FN2O2. The van der Waals surface area contributed by atoms with E-state index in [0.29, 0.717) is 17.9 Å². The highest BCUT2D eigenvalue weighted by Gasteiger charge is 2.08. The van der Waals surface area contributed by atoms with Crippen LogP contribution in [-0.2, 0) is 6.54 Å². The molecule has 0 bridgehead atoms. The highest BCUT2D eigenvalue weighted by atomic mass is 19.1. The second kappa shape index (κ2) is 8.66. The van der Waals surface area contributed by atoms with E-state index in [2.05, 4.69) is 10.6 Å². The number of hydrogen-bond donors (Lipinski definition) is 2. The number of aryl methyl sites for hydroxylation is 1. The standard InChI is InChI=1S/C25H21FN2O2/c1-17-8-13-24(30-17)16-27-25(29)20-5-3-7-23(15-20)28-22-11-9-18(10-12-22)19-4-2-6-21(26)14-19/h2-15,28H,16H2,1H3,(H,27,29). The molecule has 2 N–H and O–H groups in total. The van der Waals surface area contributed by atoms with E-state index in [1.807, 2.05) is 61.5 Å². The minimum atomic E-state index is -0.257. The maximum Gasteiger partial charge on any atom is 0.251 e. The summed E-state index contributed by atoms with van der Waals surface area (Å²) in [5.74, 6) is 1.10. The van der Waals surface area contributed by atoms with Gasteiger partial charge in [0.15, 0.2) is 0 Å². The Balaban J connectivity index is 1.42. The van der Waals surface area contributed by atoms with Gasteiger partial charge in [0.25, 0.3) is 5.91 Å². The first kappa shape index (κ1) is 19.5. The molecule has 0 atom stereocenters. The zero-order valence-electron chi connectivity index (χ0n) is 16.5. The second-order valence-corrected chi connectivity index (χ2v) is 6.99. The first-order valence-electron chi connectivity index (χ1n) is 9.63. The minimum absolute atomic E-state index is 0.172. The number of carbonyl (C=O) groups is 1. The number of nitrogens with one attached hydrogen (secondary N) is 2. The fraction of sp³-hybridized carbons (Fsp3) is 0.0800. The lowest BCUT2D eigenvalue weighted by Crippen LogP contribution is -2.22. The summed E-state index contributed by atoms with van der Waals surface area (Å²) in [6.07, 6.45) is 0. The van der Waals surface area contributed by atoms with Gasteiger partial charge in [-0.15, -0.1) is 0 Å². The molecule has 1 amide bonds. The molecule has 4 rings (SSSR count). The third kappa shape index (κ3) is 4.75. The Hall–Kier alpha value is -3.86. The van der Waals surface area contributed by atoms with Crippen LogP contribution in [0.5, 0.6) is 0 Å². The number of halogens is 1. The monoisotopic (exact) mass is 400 g/mol. The molecule has 0 saturated carbocycles. The van der Waals surface area contributed by atoms with Gasteiger partial charge in [-0.2, -0.15) is 0 Å². The SMILES string of the molecule is Cc1ccc(CNC(=O)c2cccc(Nc3ccc(-c4cccc(F)c4)cc3)c2)o1. The molecule has 0 aliphatic heterocycles.